The van der Waals surface area contributed by atoms with Crippen molar-refractivity contribution in [3.05, 3.63) is 81.7 Å². The van der Waals surface area contributed by atoms with E-state index in [0.29, 0.717) is 24.2 Å². The molecule has 174 valence electrons. The van der Waals surface area contributed by atoms with Crippen molar-refractivity contribution in [2.75, 3.05) is 31.6 Å². The van der Waals surface area contributed by atoms with Gasteiger partial charge in [-0.3, -0.25) is 4.79 Å². The van der Waals surface area contributed by atoms with Crippen LogP contribution in [-0.2, 0) is 14.8 Å². The summed E-state index contributed by atoms with van der Waals surface area (Å²) in [7, 11) is -3.89. The quantitative estimate of drug-likeness (QED) is 0.338. The van der Waals surface area contributed by atoms with Gasteiger partial charge in [0.25, 0.3) is 5.91 Å². The molecule has 0 unspecified atom stereocenters. The van der Waals surface area contributed by atoms with E-state index < -0.39 is 21.6 Å². The summed E-state index contributed by atoms with van der Waals surface area (Å²) in [6.07, 6.45) is 0. The van der Waals surface area contributed by atoms with E-state index in [-0.39, 0.29) is 34.3 Å². The Kier molecular flexibility index (Phi) is 5.86. The average molecular weight is 499 g/mol. The summed E-state index contributed by atoms with van der Waals surface area (Å²) in [6.45, 7) is 1.00. The molecule has 0 spiro atoms. The van der Waals surface area contributed by atoms with Gasteiger partial charge >= 0.3 is 5.63 Å². The number of fused-ring (bicyclic) bond motifs is 3. The topological polar surface area (TPSA) is 106 Å². The second-order valence-electron chi connectivity index (χ2n) is 7.76. The highest BCUT2D eigenvalue weighted by atomic mass is 35.5. The van der Waals surface area contributed by atoms with Crippen LogP contribution in [0.5, 0.6) is 0 Å². The molecule has 1 saturated heterocycles. The third-order valence-corrected chi connectivity index (χ3v) is 8.04. The van der Waals surface area contributed by atoms with E-state index in [1.54, 1.807) is 6.07 Å². The number of nitrogens with one attached hydrogen (secondary N) is 1. The molecule has 10 heteroatoms. The number of benzene rings is 3. The van der Waals surface area contributed by atoms with Gasteiger partial charge in [-0.2, -0.15) is 4.31 Å². The number of morpholine rings is 1. The van der Waals surface area contributed by atoms with Crippen molar-refractivity contribution < 1.29 is 22.4 Å². The van der Waals surface area contributed by atoms with Crippen molar-refractivity contribution in [1.29, 1.82) is 0 Å². The Morgan fingerprint density at radius 1 is 0.971 bits per heavy atom. The lowest BCUT2D eigenvalue weighted by molar-refractivity contribution is 0.0730. The van der Waals surface area contributed by atoms with E-state index in [2.05, 4.69) is 5.32 Å². The predicted octanol–water partition coefficient (Wildman–Crippen LogP) is 3.87. The third-order valence-electron chi connectivity index (χ3n) is 5.66. The van der Waals surface area contributed by atoms with Gasteiger partial charge in [0, 0.05) is 24.2 Å². The lowest BCUT2D eigenvalue weighted by Gasteiger charge is -2.26. The van der Waals surface area contributed by atoms with Gasteiger partial charge in [-0.05, 0) is 41.1 Å². The van der Waals surface area contributed by atoms with Gasteiger partial charge in [0.2, 0.25) is 10.0 Å². The number of anilines is 1. The van der Waals surface area contributed by atoms with Crippen molar-refractivity contribution in [3.63, 3.8) is 0 Å². The van der Waals surface area contributed by atoms with Crippen LogP contribution in [0, 0.1) is 0 Å². The van der Waals surface area contributed by atoms with E-state index in [4.69, 9.17) is 20.8 Å². The molecule has 4 aromatic rings. The summed E-state index contributed by atoms with van der Waals surface area (Å²) < 4.78 is 38.0. The van der Waals surface area contributed by atoms with Crippen LogP contribution in [0.1, 0.15) is 10.4 Å². The van der Waals surface area contributed by atoms with Crippen molar-refractivity contribution in [2.45, 2.75) is 4.90 Å². The van der Waals surface area contributed by atoms with Gasteiger partial charge in [-0.15, -0.1) is 0 Å². The van der Waals surface area contributed by atoms with Gasteiger partial charge in [0.1, 0.15) is 16.0 Å². The monoisotopic (exact) mass is 498 g/mol. The summed E-state index contributed by atoms with van der Waals surface area (Å²) in [6, 6.07) is 16.7. The minimum atomic E-state index is -3.89. The zero-order valence-corrected chi connectivity index (χ0v) is 19.4. The van der Waals surface area contributed by atoms with E-state index in [0.717, 1.165) is 10.8 Å². The Morgan fingerprint density at radius 3 is 2.53 bits per heavy atom. The maximum atomic E-state index is 13.0. The Morgan fingerprint density at radius 2 is 1.74 bits per heavy atom. The van der Waals surface area contributed by atoms with Gasteiger partial charge in [0.05, 0.1) is 18.2 Å². The van der Waals surface area contributed by atoms with Gasteiger partial charge < -0.3 is 14.5 Å². The summed E-state index contributed by atoms with van der Waals surface area (Å²) in [5.41, 5.74) is -0.448. The number of ether oxygens (including phenoxy) is 1. The number of carbonyl (C=O) groups is 1. The molecular weight excluding hydrogens is 480 g/mol. The normalized spacial score (nSPS) is 15.0. The van der Waals surface area contributed by atoms with Gasteiger partial charge in [-0.25, -0.2) is 13.2 Å². The first-order valence-corrected chi connectivity index (χ1v) is 12.3. The Labute approximate surface area is 199 Å². The molecule has 1 amide bonds. The lowest BCUT2D eigenvalue weighted by Crippen LogP contribution is -2.40. The molecule has 1 aliphatic rings. The van der Waals surface area contributed by atoms with Crippen LogP contribution in [-0.4, -0.2) is 44.9 Å². The Balaban J connectivity index is 1.50. The molecule has 1 aliphatic heterocycles. The number of halogens is 1. The molecule has 5 rings (SSSR count). The average Bonchev–Trinajstić information content (AvgIpc) is 2.85. The van der Waals surface area contributed by atoms with Gasteiger partial charge in [0.15, 0.2) is 0 Å². The van der Waals surface area contributed by atoms with E-state index >= 15 is 0 Å². The van der Waals surface area contributed by atoms with Crippen LogP contribution in [0.15, 0.2) is 74.8 Å². The Hall–Kier alpha value is -3.24. The molecule has 8 nitrogen and oxygen atoms in total. The van der Waals surface area contributed by atoms with Crippen LogP contribution >= 0.6 is 11.6 Å². The molecule has 0 aliphatic carbocycles. The SMILES string of the molecule is O=C(Nc1ccc(Cl)c(S(=O)(=O)N2CCOCC2)c1)c1cc2c(ccc3ccccc32)oc1=O. The number of nitrogens with zero attached hydrogens (tertiary/aromatic N) is 1. The predicted molar refractivity (Wildman–Crippen MR) is 129 cm³/mol. The number of amides is 1. The summed E-state index contributed by atoms with van der Waals surface area (Å²) >= 11 is 6.18. The number of hydrogen-bond acceptors (Lipinski definition) is 6. The van der Waals surface area contributed by atoms with E-state index in [1.807, 2.05) is 30.3 Å². The highest BCUT2D eigenvalue weighted by molar-refractivity contribution is 7.89. The molecule has 1 aromatic heterocycles. The lowest BCUT2D eigenvalue weighted by atomic mass is 10.0. The Bertz CT molecular complexity index is 1590. The van der Waals surface area contributed by atoms with Crippen LogP contribution < -0.4 is 10.9 Å². The molecule has 3 aromatic carbocycles. The van der Waals surface area contributed by atoms with Crippen LogP contribution in [0.4, 0.5) is 5.69 Å². The maximum Gasteiger partial charge on any atom is 0.349 e. The largest absolute Gasteiger partial charge is 0.422 e. The number of carbonyl (C=O) groups excluding carboxylic acids is 1. The molecule has 1 fully saturated rings. The standard InChI is InChI=1S/C24H19ClN2O6S/c25-20-7-6-16(13-22(20)34(30,31)27-9-11-32-12-10-27)26-23(28)19-14-18-17-4-2-1-3-15(17)5-8-21(18)33-24(19)29/h1-8,13-14H,9-12H2,(H,26,28). The molecule has 0 bridgehead atoms. The second kappa shape index (κ2) is 8.84. The highest BCUT2D eigenvalue weighted by Crippen LogP contribution is 2.29. The molecule has 1 N–H and O–H groups in total. The fourth-order valence-corrected chi connectivity index (χ4v) is 5.84. The minimum absolute atomic E-state index is 0.0289. The smallest absolute Gasteiger partial charge is 0.349 e. The van der Waals surface area contributed by atoms with Crippen molar-refractivity contribution in [2.24, 2.45) is 0 Å². The second-order valence-corrected chi connectivity index (χ2v) is 10.1. The third kappa shape index (κ3) is 4.07. The molecule has 2 heterocycles. The maximum absolute atomic E-state index is 13.0. The zero-order chi connectivity index (χ0) is 23.9. The fraction of sp³-hybridized carbons (Fsp3) is 0.167. The fourth-order valence-electron chi connectivity index (χ4n) is 3.93. The van der Waals surface area contributed by atoms with Crippen molar-refractivity contribution in [1.82, 2.24) is 4.31 Å². The number of sulfonamides is 1. The molecule has 0 saturated carbocycles. The number of rotatable bonds is 4. The van der Waals surface area contributed by atoms with Crippen LogP contribution in [0.25, 0.3) is 21.7 Å². The van der Waals surface area contributed by atoms with Crippen molar-refractivity contribution in [3.8, 4) is 0 Å². The summed E-state index contributed by atoms with van der Waals surface area (Å²) in [5.74, 6) is -0.722. The van der Waals surface area contributed by atoms with Crippen LogP contribution in [0.3, 0.4) is 0 Å². The minimum Gasteiger partial charge on any atom is -0.422 e. The summed E-state index contributed by atoms with van der Waals surface area (Å²) in [5, 5.41) is 5.01. The molecule has 0 atom stereocenters. The molecule has 34 heavy (non-hydrogen) atoms. The first-order chi connectivity index (χ1) is 16.3. The van der Waals surface area contributed by atoms with Crippen molar-refractivity contribution >= 4 is 55.0 Å². The summed E-state index contributed by atoms with van der Waals surface area (Å²) in [4.78, 5) is 25.4. The van der Waals surface area contributed by atoms with E-state index in [1.165, 1.54) is 28.6 Å². The highest BCUT2D eigenvalue weighted by Gasteiger charge is 2.29. The zero-order valence-electron chi connectivity index (χ0n) is 17.8. The van der Waals surface area contributed by atoms with Crippen LogP contribution in [0.2, 0.25) is 5.02 Å². The molecule has 0 radical (unpaired) electrons. The first kappa shape index (κ1) is 22.5. The number of hydrogen-bond donors (Lipinski definition) is 1. The van der Waals surface area contributed by atoms with Gasteiger partial charge in [-0.1, -0.05) is 41.9 Å². The molecular formula is C24H19ClN2O6S. The van der Waals surface area contributed by atoms with E-state index in [9.17, 15) is 18.0 Å². The first-order valence-electron chi connectivity index (χ1n) is 10.5.